The summed E-state index contributed by atoms with van der Waals surface area (Å²) in [6, 6.07) is 12.6. The Morgan fingerprint density at radius 1 is 0.852 bits per heavy atom. The van der Waals surface area contributed by atoms with E-state index in [0.717, 1.165) is 11.1 Å². The van der Waals surface area contributed by atoms with Crippen molar-refractivity contribution in [1.29, 1.82) is 0 Å². The van der Waals surface area contributed by atoms with Crippen LogP contribution in [0.5, 0.6) is 0 Å². The Kier molecular flexibility index (Phi) is 5.45. The molecule has 2 aromatic carbocycles. The molecular weight excluding hydrogens is 386 g/mol. The number of rotatable bonds is 5. The summed E-state index contributed by atoms with van der Waals surface area (Å²) in [7, 11) is -7.65. The highest BCUT2D eigenvalue weighted by Crippen LogP contribution is 2.29. The molecule has 2 atom stereocenters. The van der Waals surface area contributed by atoms with Crippen LogP contribution in [0.3, 0.4) is 0 Å². The van der Waals surface area contributed by atoms with Crippen molar-refractivity contribution in [3.8, 4) is 0 Å². The molecule has 146 valence electrons. The normalized spacial score (nSPS) is 21.4. The smallest absolute Gasteiger partial charge is 0.262 e. The molecule has 6 nitrogen and oxygen atoms in total. The summed E-state index contributed by atoms with van der Waals surface area (Å²) in [6.07, 6.45) is -0.401. The molecule has 1 aliphatic rings. The van der Waals surface area contributed by atoms with E-state index in [-0.39, 0.29) is 22.4 Å². The lowest BCUT2D eigenvalue weighted by Crippen LogP contribution is -2.34. The second-order valence-electron chi connectivity index (χ2n) is 6.96. The number of hydrogen-bond acceptors (Lipinski definition) is 5. The highest BCUT2D eigenvalue weighted by molar-refractivity contribution is 7.89. The first-order valence-electron chi connectivity index (χ1n) is 8.68. The van der Waals surface area contributed by atoms with Crippen LogP contribution in [0.2, 0.25) is 0 Å². The molecule has 0 N–H and O–H groups in total. The Labute approximate surface area is 161 Å². The molecule has 0 aliphatic carbocycles. The SMILES string of the molecule is Cc1ccc(S(=O)(=O)O[C@H]2C[C@H](C)N(S(=O)(=O)c3ccc(C)cc3)C2)cc1. The molecule has 8 heteroatoms. The third-order valence-electron chi connectivity index (χ3n) is 4.68. The summed E-state index contributed by atoms with van der Waals surface area (Å²) in [5, 5.41) is 0. The lowest BCUT2D eigenvalue weighted by atomic mass is 10.2. The first-order chi connectivity index (χ1) is 12.6. The maximum absolute atomic E-state index is 12.9. The minimum Gasteiger partial charge on any atom is -0.262 e. The van der Waals surface area contributed by atoms with Crippen LogP contribution in [0.1, 0.15) is 24.5 Å². The Bertz CT molecular complexity index is 1010. The van der Waals surface area contributed by atoms with E-state index in [4.69, 9.17) is 4.18 Å². The van der Waals surface area contributed by atoms with Gasteiger partial charge in [-0.25, -0.2) is 8.42 Å². The molecular formula is C19H23NO5S2. The van der Waals surface area contributed by atoms with Crippen LogP contribution in [0.15, 0.2) is 58.3 Å². The predicted molar refractivity (Wildman–Crippen MR) is 102 cm³/mol. The van der Waals surface area contributed by atoms with Crippen LogP contribution in [0.4, 0.5) is 0 Å². The van der Waals surface area contributed by atoms with Crippen molar-refractivity contribution in [1.82, 2.24) is 4.31 Å². The van der Waals surface area contributed by atoms with Crippen LogP contribution in [-0.4, -0.2) is 39.8 Å². The largest absolute Gasteiger partial charge is 0.297 e. The Morgan fingerprint density at radius 3 is 1.85 bits per heavy atom. The molecule has 0 amide bonds. The van der Waals surface area contributed by atoms with E-state index < -0.39 is 26.2 Å². The summed E-state index contributed by atoms with van der Waals surface area (Å²) in [4.78, 5) is 0.266. The second kappa shape index (κ2) is 7.35. The third kappa shape index (κ3) is 4.24. The zero-order valence-corrected chi connectivity index (χ0v) is 17.1. The Balaban J connectivity index is 1.78. The molecule has 2 aromatic rings. The highest BCUT2D eigenvalue weighted by Gasteiger charge is 2.40. The summed E-state index contributed by atoms with van der Waals surface area (Å²) in [6.45, 7) is 5.51. The van der Waals surface area contributed by atoms with E-state index >= 15 is 0 Å². The van der Waals surface area contributed by atoms with Gasteiger partial charge in [0.05, 0.1) is 15.9 Å². The Morgan fingerprint density at radius 2 is 1.33 bits per heavy atom. The first kappa shape index (κ1) is 20.0. The standard InChI is InChI=1S/C19H23NO5S2/c1-14-4-8-18(9-5-14)26(21,22)20-13-17(12-16(20)3)25-27(23,24)19-10-6-15(2)7-11-19/h4-11,16-17H,12-13H2,1-3H3/t16-,17-/m0/s1. The van der Waals surface area contributed by atoms with E-state index in [1.54, 1.807) is 43.3 Å². The van der Waals surface area contributed by atoms with Gasteiger partial charge in [-0.05, 0) is 51.5 Å². The Hall–Kier alpha value is -1.74. The van der Waals surface area contributed by atoms with Gasteiger partial charge >= 0.3 is 0 Å². The van der Waals surface area contributed by atoms with Crippen molar-refractivity contribution in [2.75, 3.05) is 6.54 Å². The van der Waals surface area contributed by atoms with Gasteiger partial charge in [0, 0.05) is 12.6 Å². The number of nitrogens with zero attached hydrogens (tertiary/aromatic N) is 1. The van der Waals surface area contributed by atoms with E-state index in [0.29, 0.717) is 6.42 Å². The second-order valence-corrected chi connectivity index (χ2v) is 10.4. The van der Waals surface area contributed by atoms with Gasteiger partial charge in [-0.3, -0.25) is 4.18 Å². The van der Waals surface area contributed by atoms with Crippen molar-refractivity contribution in [3.63, 3.8) is 0 Å². The number of hydrogen-bond donors (Lipinski definition) is 0. The molecule has 1 saturated heterocycles. The molecule has 1 aliphatic heterocycles. The van der Waals surface area contributed by atoms with E-state index in [9.17, 15) is 16.8 Å². The van der Waals surface area contributed by atoms with Gasteiger partial charge in [-0.2, -0.15) is 12.7 Å². The molecule has 1 heterocycles. The fourth-order valence-electron chi connectivity index (χ4n) is 3.14. The summed E-state index contributed by atoms with van der Waals surface area (Å²) in [5.41, 5.74) is 1.91. The zero-order valence-electron chi connectivity index (χ0n) is 15.5. The van der Waals surface area contributed by atoms with Crippen LogP contribution < -0.4 is 0 Å². The van der Waals surface area contributed by atoms with E-state index in [1.807, 2.05) is 13.8 Å². The molecule has 0 unspecified atom stereocenters. The molecule has 0 saturated carbocycles. The van der Waals surface area contributed by atoms with E-state index in [2.05, 4.69) is 0 Å². The average Bonchev–Trinajstić information content (AvgIpc) is 2.96. The van der Waals surface area contributed by atoms with Gasteiger partial charge in [-0.15, -0.1) is 0 Å². The zero-order chi connectivity index (χ0) is 19.8. The van der Waals surface area contributed by atoms with Crippen molar-refractivity contribution >= 4 is 20.1 Å². The van der Waals surface area contributed by atoms with Crippen molar-refractivity contribution in [3.05, 3.63) is 59.7 Å². The monoisotopic (exact) mass is 409 g/mol. The third-order valence-corrected chi connectivity index (χ3v) is 8.05. The summed E-state index contributed by atoms with van der Waals surface area (Å²) >= 11 is 0. The maximum Gasteiger partial charge on any atom is 0.297 e. The quantitative estimate of drug-likeness (QED) is 0.710. The van der Waals surface area contributed by atoms with Gasteiger partial charge in [0.1, 0.15) is 0 Å². The lowest BCUT2D eigenvalue weighted by molar-refractivity contribution is 0.222. The minimum absolute atomic E-state index is 0.00245. The molecule has 0 radical (unpaired) electrons. The maximum atomic E-state index is 12.9. The topological polar surface area (TPSA) is 80.8 Å². The molecule has 0 spiro atoms. The summed E-state index contributed by atoms with van der Waals surface area (Å²) in [5.74, 6) is 0. The van der Waals surface area contributed by atoms with Crippen LogP contribution in [-0.2, 0) is 24.3 Å². The van der Waals surface area contributed by atoms with Gasteiger partial charge < -0.3 is 0 Å². The van der Waals surface area contributed by atoms with Gasteiger partial charge in [0.2, 0.25) is 10.0 Å². The number of aryl methyl sites for hydroxylation is 2. The average molecular weight is 410 g/mol. The van der Waals surface area contributed by atoms with Gasteiger partial charge in [0.15, 0.2) is 0 Å². The highest BCUT2D eigenvalue weighted by atomic mass is 32.2. The molecule has 3 rings (SSSR count). The minimum atomic E-state index is -3.94. The number of benzene rings is 2. The van der Waals surface area contributed by atoms with Crippen LogP contribution in [0, 0.1) is 13.8 Å². The fourth-order valence-corrected chi connectivity index (χ4v) is 5.89. The van der Waals surface area contributed by atoms with Crippen LogP contribution >= 0.6 is 0 Å². The van der Waals surface area contributed by atoms with E-state index in [1.165, 1.54) is 16.4 Å². The molecule has 0 bridgehead atoms. The van der Waals surface area contributed by atoms with Crippen molar-refractivity contribution in [2.45, 2.75) is 49.1 Å². The van der Waals surface area contributed by atoms with Gasteiger partial charge in [0.25, 0.3) is 10.1 Å². The lowest BCUT2D eigenvalue weighted by Gasteiger charge is -2.20. The molecule has 0 aromatic heterocycles. The summed E-state index contributed by atoms with van der Waals surface area (Å²) < 4.78 is 57.4. The van der Waals surface area contributed by atoms with Crippen molar-refractivity contribution < 1.29 is 21.0 Å². The number of sulfonamides is 1. The first-order valence-corrected chi connectivity index (χ1v) is 11.5. The molecule has 1 fully saturated rings. The van der Waals surface area contributed by atoms with Crippen LogP contribution in [0.25, 0.3) is 0 Å². The van der Waals surface area contributed by atoms with Crippen molar-refractivity contribution in [2.24, 2.45) is 0 Å². The fraction of sp³-hybridized carbons (Fsp3) is 0.368. The van der Waals surface area contributed by atoms with Gasteiger partial charge in [-0.1, -0.05) is 35.4 Å². The predicted octanol–water partition coefficient (Wildman–Crippen LogP) is 2.86. The molecule has 27 heavy (non-hydrogen) atoms.